The Kier molecular flexibility index (Phi) is 6.02. The molecule has 2 aromatic carbocycles. The number of anilines is 1. The Balaban J connectivity index is 1.76. The van der Waals surface area contributed by atoms with Crippen molar-refractivity contribution in [2.24, 2.45) is 0 Å². The molecule has 0 spiro atoms. The van der Waals surface area contributed by atoms with Gasteiger partial charge in [0.15, 0.2) is 0 Å². The minimum absolute atomic E-state index is 0.181. The van der Waals surface area contributed by atoms with Crippen molar-refractivity contribution in [3.63, 3.8) is 0 Å². The van der Waals surface area contributed by atoms with Crippen molar-refractivity contribution in [2.75, 3.05) is 5.73 Å². The molecular formula is C21H19N3O2S. The number of carbonyl (C=O) groups excluding carboxylic acids is 2. The van der Waals surface area contributed by atoms with E-state index >= 15 is 0 Å². The third-order valence-corrected chi connectivity index (χ3v) is 4.67. The molecule has 0 aliphatic heterocycles. The van der Waals surface area contributed by atoms with Gasteiger partial charge < -0.3 is 16.4 Å². The highest BCUT2D eigenvalue weighted by molar-refractivity contribution is 7.10. The molecule has 2 amide bonds. The summed E-state index contributed by atoms with van der Waals surface area (Å²) in [5.74, 6) is -0.719. The molecule has 1 aromatic heterocycles. The largest absolute Gasteiger partial charge is 0.398 e. The first-order valence-corrected chi connectivity index (χ1v) is 9.24. The summed E-state index contributed by atoms with van der Waals surface area (Å²) in [7, 11) is 0. The van der Waals surface area contributed by atoms with E-state index in [2.05, 4.69) is 10.6 Å². The normalized spacial score (nSPS) is 11.0. The van der Waals surface area contributed by atoms with Gasteiger partial charge >= 0.3 is 0 Å². The highest BCUT2D eigenvalue weighted by Crippen LogP contribution is 2.14. The van der Waals surface area contributed by atoms with Crippen molar-refractivity contribution in [2.45, 2.75) is 6.54 Å². The topological polar surface area (TPSA) is 84.2 Å². The van der Waals surface area contributed by atoms with Crippen molar-refractivity contribution < 1.29 is 9.59 Å². The van der Waals surface area contributed by atoms with E-state index < -0.39 is 0 Å². The van der Waals surface area contributed by atoms with Gasteiger partial charge in [-0.3, -0.25) is 9.59 Å². The molecule has 1 heterocycles. The lowest BCUT2D eigenvalue weighted by Crippen LogP contribution is -2.34. The monoisotopic (exact) mass is 377 g/mol. The SMILES string of the molecule is Nc1ccccc1CNC(=O)/C(=C/c1cccs1)NC(=O)c1ccccc1. The van der Waals surface area contributed by atoms with Crippen LogP contribution in [0.1, 0.15) is 20.8 Å². The molecule has 0 bridgehead atoms. The van der Waals surface area contributed by atoms with E-state index in [0.717, 1.165) is 10.4 Å². The zero-order chi connectivity index (χ0) is 19.1. The van der Waals surface area contributed by atoms with Gasteiger partial charge in [-0.2, -0.15) is 0 Å². The third-order valence-electron chi connectivity index (χ3n) is 3.85. The molecule has 3 rings (SSSR count). The van der Waals surface area contributed by atoms with Crippen LogP contribution >= 0.6 is 11.3 Å². The number of rotatable bonds is 6. The van der Waals surface area contributed by atoms with Crippen LogP contribution in [0.3, 0.4) is 0 Å². The van der Waals surface area contributed by atoms with Crippen LogP contribution in [0.4, 0.5) is 5.69 Å². The maximum atomic E-state index is 12.7. The van der Waals surface area contributed by atoms with Crippen molar-refractivity contribution >= 4 is 34.9 Å². The van der Waals surface area contributed by atoms with Gasteiger partial charge in [-0.05, 0) is 41.3 Å². The molecule has 136 valence electrons. The Hall–Kier alpha value is -3.38. The quantitative estimate of drug-likeness (QED) is 0.455. The number of benzene rings is 2. The Morgan fingerprint density at radius 2 is 1.70 bits per heavy atom. The first-order chi connectivity index (χ1) is 13.1. The van der Waals surface area contributed by atoms with Crippen LogP contribution in [0, 0.1) is 0 Å². The van der Waals surface area contributed by atoms with Crippen LogP contribution in [0.2, 0.25) is 0 Å². The van der Waals surface area contributed by atoms with E-state index in [9.17, 15) is 9.59 Å². The molecule has 0 saturated heterocycles. The number of nitrogen functional groups attached to an aromatic ring is 1. The summed E-state index contributed by atoms with van der Waals surface area (Å²) in [6, 6.07) is 19.9. The minimum Gasteiger partial charge on any atom is -0.398 e. The van der Waals surface area contributed by atoms with Crippen LogP contribution < -0.4 is 16.4 Å². The molecule has 0 unspecified atom stereocenters. The molecule has 0 radical (unpaired) electrons. The van der Waals surface area contributed by atoms with E-state index in [1.165, 1.54) is 11.3 Å². The average molecular weight is 377 g/mol. The smallest absolute Gasteiger partial charge is 0.268 e. The van der Waals surface area contributed by atoms with Crippen molar-refractivity contribution in [1.29, 1.82) is 0 Å². The zero-order valence-corrected chi connectivity index (χ0v) is 15.3. The van der Waals surface area contributed by atoms with Crippen molar-refractivity contribution in [3.8, 4) is 0 Å². The fraction of sp³-hybridized carbons (Fsp3) is 0.0476. The third kappa shape index (κ3) is 5.05. The van der Waals surface area contributed by atoms with E-state index in [0.29, 0.717) is 11.3 Å². The highest BCUT2D eigenvalue weighted by Gasteiger charge is 2.15. The predicted molar refractivity (Wildman–Crippen MR) is 109 cm³/mol. The number of para-hydroxylation sites is 1. The molecule has 0 saturated carbocycles. The van der Waals surface area contributed by atoms with Crippen LogP contribution in [-0.4, -0.2) is 11.8 Å². The van der Waals surface area contributed by atoms with Gasteiger partial charge in [0.2, 0.25) is 0 Å². The Morgan fingerprint density at radius 3 is 2.41 bits per heavy atom. The fourth-order valence-corrected chi connectivity index (χ4v) is 3.08. The van der Waals surface area contributed by atoms with E-state index in [-0.39, 0.29) is 24.1 Å². The van der Waals surface area contributed by atoms with Gasteiger partial charge in [0.05, 0.1) is 0 Å². The number of amides is 2. The first-order valence-electron chi connectivity index (χ1n) is 8.36. The summed E-state index contributed by atoms with van der Waals surface area (Å²) in [4.78, 5) is 26.0. The molecule has 27 heavy (non-hydrogen) atoms. The summed E-state index contributed by atoms with van der Waals surface area (Å²) in [6.07, 6.45) is 1.66. The van der Waals surface area contributed by atoms with Gasteiger partial charge in [-0.25, -0.2) is 0 Å². The maximum Gasteiger partial charge on any atom is 0.268 e. The summed E-state index contributed by atoms with van der Waals surface area (Å²) >= 11 is 1.48. The van der Waals surface area contributed by atoms with Crippen LogP contribution in [-0.2, 0) is 11.3 Å². The molecule has 6 heteroatoms. The van der Waals surface area contributed by atoms with Crippen LogP contribution in [0.5, 0.6) is 0 Å². The van der Waals surface area contributed by atoms with Gasteiger partial charge in [-0.1, -0.05) is 42.5 Å². The molecule has 4 N–H and O–H groups in total. The second-order valence-electron chi connectivity index (χ2n) is 5.78. The van der Waals surface area contributed by atoms with Gasteiger partial charge in [0.25, 0.3) is 11.8 Å². The second-order valence-corrected chi connectivity index (χ2v) is 6.75. The molecular weight excluding hydrogens is 358 g/mol. The lowest BCUT2D eigenvalue weighted by molar-refractivity contribution is -0.117. The van der Waals surface area contributed by atoms with Crippen molar-refractivity contribution in [1.82, 2.24) is 10.6 Å². The molecule has 0 atom stereocenters. The lowest BCUT2D eigenvalue weighted by Gasteiger charge is -2.12. The number of hydrogen-bond donors (Lipinski definition) is 3. The number of carbonyl (C=O) groups is 2. The molecule has 5 nitrogen and oxygen atoms in total. The van der Waals surface area contributed by atoms with Gasteiger partial charge in [-0.15, -0.1) is 11.3 Å². The Bertz CT molecular complexity index is 951. The zero-order valence-electron chi connectivity index (χ0n) is 14.5. The van der Waals surface area contributed by atoms with E-state index in [1.54, 1.807) is 36.4 Å². The number of nitrogens with one attached hydrogen (secondary N) is 2. The maximum absolute atomic E-state index is 12.7. The van der Waals surface area contributed by atoms with Crippen LogP contribution in [0.25, 0.3) is 6.08 Å². The van der Waals surface area contributed by atoms with Gasteiger partial charge in [0, 0.05) is 22.7 Å². The van der Waals surface area contributed by atoms with Gasteiger partial charge in [0.1, 0.15) is 5.70 Å². The fourth-order valence-electron chi connectivity index (χ4n) is 2.42. The number of nitrogens with two attached hydrogens (primary N) is 1. The Morgan fingerprint density at radius 1 is 0.963 bits per heavy atom. The predicted octanol–water partition coefficient (Wildman–Crippen LogP) is 3.42. The summed E-state index contributed by atoms with van der Waals surface area (Å²) in [6.45, 7) is 0.272. The van der Waals surface area contributed by atoms with E-state index in [1.807, 2.05) is 41.8 Å². The van der Waals surface area contributed by atoms with Crippen LogP contribution in [0.15, 0.2) is 77.8 Å². The van der Waals surface area contributed by atoms with E-state index in [4.69, 9.17) is 5.73 Å². The first kappa shape index (κ1) is 18.4. The molecule has 0 fully saturated rings. The molecule has 3 aromatic rings. The standard InChI is InChI=1S/C21H19N3O2S/c22-18-11-5-4-9-16(18)14-23-21(26)19(13-17-10-6-12-27-17)24-20(25)15-7-2-1-3-8-15/h1-13H,14,22H2,(H,23,26)(H,24,25)/b19-13-. The Labute approximate surface area is 161 Å². The number of hydrogen-bond acceptors (Lipinski definition) is 4. The molecule has 0 aliphatic rings. The number of thiophene rings is 1. The van der Waals surface area contributed by atoms with Crippen molar-refractivity contribution in [3.05, 3.63) is 93.8 Å². The molecule has 0 aliphatic carbocycles. The lowest BCUT2D eigenvalue weighted by atomic mass is 10.2. The summed E-state index contributed by atoms with van der Waals surface area (Å²) < 4.78 is 0. The summed E-state index contributed by atoms with van der Waals surface area (Å²) in [5.41, 5.74) is 8.00. The second kappa shape index (κ2) is 8.82. The highest BCUT2D eigenvalue weighted by atomic mass is 32.1. The summed E-state index contributed by atoms with van der Waals surface area (Å²) in [5, 5.41) is 7.43. The minimum atomic E-state index is -0.379. The average Bonchev–Trinajstić information content (AvgIpc) is 3.20.